The fourth-order valence-electron chi connectivity index (χ4n) is 4.73. The molecule has 7 heteroatoms. The quantitative estimate of drug-likeness (QED) is 0.349. The average molecular weight is 530 g/mol. The van der Waals surface area contributed by atoms with Crippen molar-refractivity contribution in [2.45, 2.75) is 37.8 Å². The largest absolute Gasteiger partial charge is 0.381 e. The van der Waals surface area contributed by atoms with E-state index in [1.807, 2.05) is 7.05 Å². The number of nitrogens with one attached hydrogen (secondary N) is 1. The zero-order valence-corrected chi connectivity index (χ0v) is 21.5. The lowest BCUT2D eigenvalue weighted by Gasteiger charge is -2.44. The highest BCUT2D eigenvalue weighted by Gasteiger charge is 2.35. The molecule has 2 aliphatic heterocycles. The number of guanidine groups is 1. The molecule has 3 rings (SSSR count). The van der Waals surface area contributed by atoms with Crippen LogP contribution in [0.4, 0.5) is 0 Å². The first-order valence-electron chi connectivity index (χ1n) is 11.1. The summed E-state index contributed by atoms with van der Waals surface area (Å²) in [6, 6.07) is 11.4. The molecule has 6 nitrogen and oxygen atoms in total. The summed E-state index contributed by atoms with van der Waals surface area (Å²) in [5, 5.41) is 3.68. The third-order valence-electron chi connectivity index (χ3n) is 6.79. The zero-order chi connectivity index (χ0) is 20.7. The number of halogens is 1. The minimum atomic E-state index is 0. The van der Waals surface area contributed by atoms with Gasteiger partial charge in [0.2, 0.25) is 0 Å². The Balaban J connectivity index is 0.00000320. The van der Waals surface area contributed by atoms with E-state index in [1.54, 1.807) is 0 Å². The highest BCUT2D eigenvalue weighted by molar-refractivity contribution is 14.0. The van der Waals surface area contributed by atoms with Crippen LogP contribution in [0.15, 0.2) is 35.3 Å². The van der Waals surface area contributed by atoms with Gasteiger partial charge >= 0.3 is 0 Å². The molecule has 30 heavy (non-hydrogen) atoms. The standard InChI is InChI=1S/C23H39N5O.HI/c1-5-21(20-9-7-6-8-10-20)27-13-15-28(16-14-27)22(24-2)25-19-23(26(3)4)11-17-29-18-12-23;/h6-10,21H,5,11-19H2,1-4H3,(H,24,25);1H. The maximum atomic E-state index is 5.61. The van der Waals surface area contributed by atoms with Gasteiger partial charge in [0.25, 0.3) is 0 Å². The van der Waals surface area contributed by atoms with Crippen LogP contribution in [0.3, 0.4) is 0 Å². The summed E-state index contributed by atoms with van der Waals surface area (Å²) >= 11 is 0. The van der Waals surface area contributed by atoms with Crippen molar-refractivity contribution in [3.8, 4) is 0 Å². The first kappa shape index (κ1) is 25.4. The number of rotatable bonds is 6. The maximum Gasteiger partial charge on any atom is 0.193 e. The van der Waals surface area contributed by atoms with Crippen molar-refractivity contribution in [3.05, 3.63) is 35.9 Å². The molecule has 0 aromatic heterocycles. The number of hydrogen-bond acceptors (Lipinski definition) is 4. The molecule has 1 unspecified atom stereocenters. The van der Waals surface area contributed by atoms with Gasteiger partial charge < -0.3 is 19.9 Å². The predicted molar refractivity (Wildman–Crippen MR) is 136 cm³/mol. The van der Waals surface area contributed by atoms with Gasteiger partial charge in [-0.1, -0.05) is 37.3 Å². The molecule has 170 valence electrons. The minimum Gasteiger partial charge on any atom is -0.381 e. The second-order valence-corrected chi connectivity index (χ2v) is 8.49. The molecule has 0 aliphatic carbocycles. The van der Waals surface area contributed by atoms with E-state index in [-0.39, 0.29) is 29.5 Å². The van der Waals surface area contributed by atoms with E-state index in [4.69, 9.17) is 4.74 Å². The molecule has 0 radical (unpaired) electrons. The molecular formula is C23H40IN5O. The maximum absolute atomic E-state index is 5.61. The second kappa shape index (κ2) is 12.2. The first-order valence-corrected chi connectivity index (χ1v) is 11.1. The van der Waals surface area contributed by atoms with Crippen molar-refractivity contribution in [2.75, 3.05) is 67.1 Å². The van der Waals surface area contributed by atoms with Crippen LogP contribution in [0.1, 0.15) is 37.8 Å². The summed E-state index contributed by atoms with van der Waals surface area (Å²) in [4.78, 5) is 12.0. The molecule has 0 bridgehead atoms. The van der Waals surface area contributed by atoms with Crippen LogP contribution in [0.5, 0.6) is 0 Å². The SMILES string of the molecule is CCC(c1ccccc1)N1CCN(C(=NC)NCC2(N(C)C)CCOCC2)CC1.I. The number of nitrogens with zero attached hydrogens (tertiary/aromatic N) is 4. The fraction of sp³-hybridized carbons (Fsp3) is 0.696. The Bertz CT molecular complexity index is 640. The molecule has 0 amide bonds. The Labute approximate surface area is 200 Å². The summed E-state index contributed by atoms with van der Waals surface area (Å²) in [5.74, 6) is 1.03. The summed E-state index contributed by atoms with van der Waals surface area (Å²) in [7, 11) is 6.27. The number of benzene rings is 1. The molecule has 2 heterocycles. The van der Waals surface area contributed by atoms with E-state index in [1.165, 1.54) is 5.56 Å². The highest BCUT2D eigenvalue weighted by atomic mass is 127. The Morgan fingerprint density at radius 3 is 2.30 bits per heavy atom. The number of hydrogen-bond donors (Lipinski definition) is 1. The third kappa shape index (κ3) is 6.08. The molecule has 1 aromatic rings. The smallest absolute Gasteiger partial charge is 0.193 e. The lowest BCUT2D eigenvalue weighted by Crippen LogP contribution is -2.59. The fourth-order valence-corrected chi connectivity index (χ4v) is 4.73. The number of aliphatic imine (C=N–C) groups is 1. The number of ether oxygens (including phenoxy) is 1. The second-order valence-electron chi connectivity index (χ2n) is 8.49. The van der Waals surface area contributed by atoms with E-state index in [0.29, 0.717) is 6.04 Å². The van der Waals surface area contributed by atoms with Crippen molar-refractivity contribution in [2.24, 2.45) is 4.99 Å². The van der Waals surface area contributed by atoms with Crippen molar-refractivity contribution in [3.63, 3.8) is 0 Å². The van der Waals surface area contributed by atoms with Gasteiger partial charge in [0, 0.05) is 64.6 Å². The number of piperazine rings is 1. The van der Waals surface area contributed by atoms with E-state index in [2.05, 4.69) is 76.4 Å². The average Bonchev–Trinajstić information content (AvgIpc) is 2.77. The van der Waals surface area contributed by atoms with Crippen LogP contribution < -0.4 is 5.32 Å². The number of likely N-dealkylation sites (N-methyl/N-ethyl adjacent to an activating group) is 1. The van der Waals surface area contributed by atoms with Gasteiger partial charge in [-0.25, -0.2) is 0 Å². The zero-order valence-electron chi connectivity index (χ0n) is 19.1. The molecule has 1 aromatic carbocycles. The van der Waals surface area contributed by atoms with Crippen LogP contribution in [0.25, 0.3) is 0 Å². The molecule has 0 spiro atoms. The van der Waals surface area contributed by atoms with Crippen LogP contribution >= 0.6 is 24.0 Å². The summed E-state index contributed by atoms with van der Waals surface area (Å²) in [6.07, 6.45) is 3.27. The molecular weight excluding hydrogens is 489 g/mol. The normalized spacial score (nSPS) is 21.2. The Morgan fingerprint density at radius 2 is 1.77 bits per heavy atom. The molecule has 1 atom stereocenters. The van der Waals surface area contributed by atoms with E-state index >= 15 is 0 Å². The Morgan fingerprint density at radius 1 is 1.13 bits per heavy atom. The molecule has 0 saturated carbocycles. The molecule has 2 saturated heterocycles. The van der Waals surface area contributed by atoms with Crippen LogP contribution in [-0.2, 0) is 4.74 Å². The van der Waals surface area contributed by atoms with Crippen molar-refractivity contribution in [1.29, 1.82) is 0 Å². The van der Waals surface area contributed by atoms with Crippen LogP contribution in [-0.4, -0.2) is 93.3 Å². The Hall–Kier alpha value is -0.900. The van der Waals surface area contributed by atoms with Crippen molar-refractivity contribution >= 4 is 29.9 Å². The molecule has 1 N–H and O–H groups in total. The predicted octanol–water partition coefficient (Wildman–Crippen LogP) is 3.06. The molecule has 2 aliphatic rings. The van der Waals surface area contributed by atoms with E-state index in [0.717, 1.165) is 71.2 Å². The van der Waals surface area contributed by atoms with Gasteiger partial charge in [-0.2, -0.15) is 0 Å². The van der Waals surface area contributed by atoms with Crippen molar-refractivity contribution < 1.29 is 4.74 Å². The van der Waals surface area contributed by atoms with Crippen LogP contribution in [0, 0.1) is 0 Å². The minimum absolute atomic E-state index is 0. The van der Waals surface area contributed by atoms with Gasteiger partial charge in [-0.3, -0.25) is 9.89 Å². The first-order chi connectivity index (χ1) is 14.1. The van der Waals surface area contributed by atoms with Crippen molar-refractivity contribution in [1.82, 2.24) is 20.0 Å². The van der Waals surface area contributed by atoms with Gasteiger partial charge in [0.15, 0.2) is 5.96 Å². The monoisotopic (exact) mass is 529 g/mol. The van der Waals surface area contributed by atoms with Gasteiger partial charge in [-0.15, -0.1) is 24.0 Å². The summed E-state index contributed by atoms with van der Waals surface area (Å²) < 4.78 is 5.61. The highest BCUT2D eigenvalue weighted by Crippen LogP contribution is 2.26. The van der Waals surface area contributed by atoms with Gasteiger partial charge in [0.05, 0.1) is 0 Å². The lowest BCUT2D eigenvalue weighted by molar-refractivity contribution is -0.00539. The third-order valence-corrected chi connectivity index (χ3v) is 6.79. The van der Waals surface area contributed by atoms with Gasteiger partial charge in [-0.05, 0) is 38.9 Å². The molecule has 2 fully saturated rings. The lowest BCUT2D eigenvalue weighted by atomic mass is 9.88. The summed E-state index contributed by atoms with van der Waals surface area (Å²) in [5.41, 5.74) is 1.58. The topological polar surface area (TPSA) is 43.3 Å². The van der Waals surface area contributed by atoms with E-state index in [9.17, 15) is 0 Å². The van der Waals surface area contributed by atoms with Gasteiger partial charge in [0.1, 0.15) is 0 Å². The summed E-state index contributed by atoms with van der Waals surface area (Å²) in [6.45, 7) is 9.06. The van der Waals surface area contributed by atoms with Crippen LogP contribution in [0.2, 0.25) is 0 Å². The Kier molecular flexibility index (Phi) is 10.3. The van der Waals surface area contributed by atoms with E-state index < -0.39 is 0 Å².